The van der Waals surface area contributed by atoms with Crippen LogP contribution in [-0.4, -0.2) is 29.3 Å². The summed E-state index contributed by atoms with van der Waals surface area (Å²) in [5.74, 6) is 1.26. The molecule has 3 nitrogen and oxygen atoms in total. The van der Waals surface area contributed by atoms with Crippen molar-refractivity contribution >= 4 is 37.7 Å². The van der Waals surface area contributed by atoms with Crippen LogP contribution in [-0.2, 0) is 0 Å². The van der Waals surface area contributed by atoms with Crippen LogP contribution in [0, 0.1) is 5.92 Å². The first-order valence-electron chi connectivity index (χ1n) is 5.32. The second-order valence-electron chi connectivity index (χ2n) is 4.24. The van der Waals surface area contributed by atoms with Gasteiger partial charge in [0, 0.05) is 23.8 Å². The Balaban J connectivity index is 2.18. The Bertz CT molecular complexity index is 386. The van der Waals surface area contributed by atoms with E-state index in [4.69, 9.17) is 0 Å². The average Bonchev–Trinajstić information content (AvgIpc) is 2.22. The maximum absolute atomic E-state index is 9.69. The highest BCUT2D eigenvalue weighted by Crippen LogP contribution is 2.29. The minimum absolute atomic E-state index is 0.175. The zero-order valence-electron chi connectivity index (χ0n) is 9.03. The highest BCUT2D eigenvalue weighted by molar-refractivity contribution is 9.11. The molecular formula is C11H14Br2N2O. The molecule has 2 heterocycles. The first-order chi connectivity index (χ1) is 7.58. The van der Waals surface area contributed by atoms with Crippen molar-refractivity contribution < 1.29 is 5.11 Å². The van der Waals surface area contributed by atoms with E-state index in [1.165, 1.54) is 0 Å². The fourth-order valence-corrected chi connectivity index (χ4v) is 3.20. The summed E-state index contributed by atoms with van der Waals surface area (Å²) < 4.78 is 1.96. The second kappa shape index (κ2) is 5.02. The molecule has 0 aliphatic carbocycles. The largest absolute Gasteiger partial charge is 0.393 e. The molecule has 1 aromatic heterocycles. The van der Waals surface area contributed by atoms with E-state index in [1.54, 1.807) is 6.20 Å². The van der Waals surface area contributed by atoms with Gasteiger partial charge in [-0.2, -0.15) is 0 Å². The van der Waals surface area contributed by atoms with Gasteiger partial charge < -0.3 is 10.0 Å². The van der Waals surface area contributed by atoms with Crippen LogP contribution < -0.4 is 4.90 Å². The molecule has 1 aliphatic rings. The average molecular weight is 350 g/mol. The quantitative estimate of drug-likeness (QED) is 0.846. The van der Waals surface area contributed by atoms with Crippen LogP contribution in [0.1, 0.15) is 13.3 Å². The van der Waals surface area contributed by atoms with Gasteiger partial charge in [-0.3, -0.25) is 0 Å². The van der Waals surface area contributed by atoms with E-state index in [9.17, 15) is 5.11 Å². The highest BCUT2D eigenvalue weighted by Gasteiger charge is 2.25. The number of piperidine rings is 1. The van der Waals surface area contributed by atoms with Crippen LogP contribution in [0.4, 0.5) is 5.82 Å². The second-order valence-corrected chi connectivity index (χ2v) is 6.01. The molecule has 5 heteroatoms. The molecule has 0 amide bonds. The standard InChI is InChI=1S/C11H14Br2N2O/c1-7-6-15(3-2-10(7)16)11-9(13)4-8(12)5-14-11/h4-5,7,10,16H,2-3,6H2,1H3. The number of pyridine rings is 1. The number of aliphatic hydroxyl groups is 1. The van der Waals surface area contributed by atoms with Gasteiger partial charge in [-0.05, 0) is 50.3 Å². The van der Waals surface area contributed by atoms with E-state index in [0.717, 1.165) is 34.3 Å². The Morgan fingerprint density at radius 2 is 2.25 bits per heavy atom. The van der Waals surface area contributed by atoms with Crippen molar-refractivity contribution in [2.45, 2.75) is 19.4 Å². The summed E-state index contributed by atoms with van der Waals surface area (Å²) in [7, 11) is 0. The van der Waals surface area contributed by atoms with Gasteiger partial charge in [-0.25, -0.2) is 4.98 Å². The number of hydrogen-bond acceptors (Lipinski definition) is 3. The number of aromatic nitrogens is 1. The molecule has 16 heavy (non-hydrogen) atoms. The van der Waals surface area contributed by atoms with Crippen LogP contribution >= 0.6 is 31.9 Å². The molecule has 1 aliphatic heterocycles. The Morgan fingerprint density at radius 1 is 1.50 bits per heavy atom. The van der Waals surface area contributed by atoms with Crippen molar-refractivity contribution in [2.75, 3.05) is 18.0 Å². The molecule has 1 N–H and O–H groups in total. The lowest BCUT2D eigenvalue weighted by Crippen LogP contribution is -2.42. The van der Waals surface area contributed by atoms with Gasteiger partial charge in [0.05, 0.1) is 10.6 Å². The SMILES string of the molecule is CC1CN(c2ncc(Br)cc2Br)CCC1O. The smallest absolute Gasteiger partial charge is 0.142 e. The lowest BCUT2D eigenvalue weighted by molar-refractivity contribution is 0.0968. The van der Waals surface area contributed by atoms with E-state index < -0.39 is 0 Å². The molecular weight excluding hydrogens is 336 g/mol. The van der Waals surface area contributed by atoms with Gasteiger partial charge >= 0.3 is 0 Å². The fourth-order valence-electron chi connectivity index (χ4n) is 1.97. The van der Waals surface area contributed by atoms with Gasteiger partial charge in [-0.1, -0.05) is 6.92 Å². The number of rotatable bonds is 1. The van der Waals surface area contributed by atoms with E-state index in [2.05, 4.69) is 48.7 Å². The van der Waals surface area contributed by atoms with Gasteiger partial charge in [0.25, 0.3) is 0 Å². The third-order valence-corrected chi connectivity index (χ3v) is 3.97. The monoisotopic (exact) mass is 348 g/mol. The zero-order chi connectivity index (χ0) is 11.7. The third kappa shape index (κ3) is 2.57. The number of nitrogens with zero attached hydrogens (tertiary/aromatic N) is 2. The minimum atomic E-state index is -0.175. The van der Waals surface area contributed by atoms with Crippen LogP contribution in [0.2, 0.25) is 0 Å². The summed E-state index contributed by atoms with van der Waals surface area (Å²) in [5.41, 5.74) is 0. The molecule has 2 atom stereocenters. The Hall–Kier alpha value is -0.130. The highest BCUT2D eigenvalue weighted by atomic mass is 79.9. The zero-order valence-corrected chi connectivity index (χ0v) is 12.2. The number of halogens is 2. The van der Waals surface area contributed by atoms with Crippen molar-refractivity contribution in [2.24, 2.45) is 5.92 Å². The van der Waals surface area contributed by atoms with Gasteiger partial charge in [-0.15, -0.1) is 0 Å². The van der Waals surface area contributed by atoms with Crippen LogP contribution in [0.5, 0.6) is 0 Å². The molecule has 1 fully saturated rings. The minimum Gasteiger partial charge on any atom is -0.393 e. The van der Waals surface area contributed by atoms with Crippen LogP contribution in [0.25, 0.3) is 0 Å². The van der Waals surface area contributed by atoms with Gasteiger partial charge in [0.1, 0.15) is 5.82 Å². The molecule has 1 saturated heterocycles. The molecule has 2 unspecified atom stereocenters. The molecule has 0 aromatic carbocycles. The lowest BCUT2D eigenvalue weighted by atomic mass is 9.97. The molecule has 0 saturated carbocycles. The maximum atomic E-state index is 9.69. The Kier molecular flexibility index (Phi) is 3.87. The molecule has 88 valence electrons. The summed E-state index contributed by atoms with van der Waals surface area (Å²) in [6.45, 7) is 3.79. The first kappa shape index (κ1) is 12.3. The molecule has 1 aromatic rings. The number of aliphatic hydroxyl groups excluding tert-OH is 1. The van der Waals surface area contributed by atoms with E-state index in [-0.39, 0.29) is 6.10 Å². The van der Waals surface area contributed by atoms with Crippen molar-refractivity contribution in [3.63, 3.8) is 0 Å². The number of anilines is 1. The van der Waals surface area contributed by atoms with Crippen molar-refractivity contribution in [3.8, 4) is 0 Å². The number of hydrogen-bond donors (Lipinski definition) is 1. The van der Waals surface area contributed by atoms with E-state index in [1.807, 2.05) is 6.07 Å². The third-order valence-electron chi connectivity index (χ3n) is 2.95. The van der Waals surface area contributed by atoms with Gasteiger partial charge in [0.15, 0.2) is 0 Å². The Labute approximate surface area is 112 Å². The fraction of sp³-hybridized carbons (Fsp3) is 0.545. The van der Waals surface area contributed by atoms with Crippen molar-refractivity contribution in [1.29, 1.82) is 0 Å². The predicted molar refractivity (Wildman–Crippen MR) is 71.6 cm³/mol. The van der Waals surface area contributed by atoms with Crippen molar-refractivity contribution in [3.05, 3.63) is 21.2 Å². The van der Waals surface area contributed by atoms with E-state index in [0.29, 0.717) is 5.92 Å². The summed E-state index contributed by atoms with van der Waals surface area (Å²) in [6, 6.07) is 2.00. The van der Waals surface area contributed by atoms with Gasteiger partial charge in [0.2, 0.25) is 0 Å². The summed E-state index contributed by atoms with van der Waals surface area (Å²) >= 11 is 6.91. The van der Waals surface area contributed by atoms with Crippen LogP contribution in [0.15, 0.2) is 21.2 Å². The Morgan fingerprint density at radius 3 is 2.88 bits per heavy atom. The molecule has 0 bridgehead atoms. The molecule has 0 spiro atoms. The molecule has 2 rings (SSSR count). The summed E-state index contributed by atoms with van der Waals surface area (Å²) in [5, 5.41) is 9.69. The lowest BCUT2D eigenvalue weighted by Gasteiger charge is -2.35. The maximum Gasteiger partial charge on any atom is 0.142 e. The van der Waals surface area contributed by atoms with E-state index >= 15 is 0 Å². The van der Waals surface area contributed by atoms with Crippen molar-refractivity contribution in [1.82, 2.24) is 4.98 Å². The summed E-state index contributed by atoms with van der Waals surface area (Å²) in [4.78, 5) is 6.63. The molecule has 0 radical (unpaired) electrons. The summed E-state index contributed by atoms with van der Waals surface area (Å²) in [6.07, 6.45) is 2.44. The normalized spacial score (nSPS) is 25.9. The predicted octanol–water partition coefficient (Wildman–Crippen LogP) is 2.81. The van der Waals surface area contributed by atoms with Crippen LogP contribution in [0.3, 0.4) is 0 Å². The topological polar surface area (TPSA) is 36.4 Å². The first-order valence-corrected chi connectivity index (χ1v) is 6.90.